The van der Waals surface area contributed by atoms with Crippen molar-refractivity contribution in [2.24, 2.45) is 5.92 Å². The predicted octanol–water partition coefficient (Wildman–Crippen LogP) is 4.58. The normalized spacial score (nSPS) is 13.2. The van der Waals surface area contributed by atoms with Gasteiger partial charge in [0.15, 0.2) is 0 Å². The number of carboxylic acid groups (broad SMARTS) is 1. The second-order valence-electron chi connectivity index (χ2n) is 8.26. The maximum atomic E-state index is 12.6. The van der Waals surface area contributed by atoms with Gasteiger partial charge in [0.1, 0.15) is 12.1 Å². The second kappa shape index (κ2) is 12.8. The predicted molar refractivity (Wildman–Crippen MR) is 125 cm³/mol. The van der Waals surface area contributed by atoms with Crippen LogP contribution in [0.5, 0.6) is 0 Å². The Bertz CT molecular complexity index is 881. The van der Waals surface area contributed by atoms with E-state index in [0.29, 0.717) is 35.3 Å². The minimum absolute atomic E-state index is 0.153. The number of carbonyl (C=O) groups excluding carboxylic acids is 1. The Morgan fingerprint density at radius 2 is 1.88 bits per heavy atom. The van der Waals surface area contributed by atoms with Gasteiger partial charge in [0.25, 0.3) is 0 Å². The lowest BCUT2D eigenvalue weighted by molar-refractivity contribution is -0.148. The summed E-state index contributed by atoms with van der Waals surface area (Å²) in [5, 5.41) is 13.9. The molecule has 0 bridgehead atoms. The molecule has 1 heterocycles. The largest absolute Gasteiger partial charge is 0.480 e. The molecule has 0 saturated carbocycles. The Morgan fingerprint density at radius 1 is 1.19 bits per heavy atom. The van der Waals surface area contributed by atoms with Crippen molar-refractivity contribution in [3.8, 4) is 0 Å². The van der Waals surface area contributed by atoms with E-state index in [1.165, 1.54) is 0 Å². The van der Waals surface area contributed by atoms with Crippen LogP contribution in [0.1, 0.15) is 51.3 Å². The van der Waals surface area contributed by atoms with Gasteiger partial charge in [-0.3, -0.25) is 14.9 Å². The van der Waals surface area contributed by atoms with Crippen LogP contribution in [0.3, 0.4) is 0 Å². The van der Waals surface area contributed by atoms with E-state index >= 15 is 0 Å². The average molecular weight is 484 g/mol. The van der Waals surface area contributed by atoms with Gasteiger partial charge in [-0.25, -0.2) is 4.98 Å². The van der Waals surface area contributed by atoms with Crippen LogP contribution in [0.25, 0.3) is 0 Å². The number of unbranched alkanes of at least 4 members (excludes halogenated alkanes) is 1. The molecular formula is C23H31Cl2N3O4. The van der Waals surface area contributed by atoms with Crippen molar-refractivity contribution in [2.45, 2.75) is 65.1 Å². The van der Waals surface area contributed by atoms with Crippen molar-refractivity contribution in [3.63, 3.8) is 0 Å². The van der Waals surface area contributed by atoms with E-state index in [1.807, 2.05) is 25.3 Å². The molecule has 0 amide bonds. The molecule has 0 radical (unpaired) electrons. The number of aliphatic carboxylic acids is 1. The van der Waals surface area contributed by atoms with Crippen molar-refractivity contribution in [2.75, 3.05) is 6.61 Å². The smallest absolute Gasteiger partial charge is 0.323 e. The first kappa shape index (κ1) is 26.2. The summed E-state index contributed by atoms with van der Waals surface area (Å²) in [6.45, 7) is 6.75. The van der Waals surface area contributed by atoms with E-state index in [0.717, 1.165) is 18.4 Å². The molecule has 0 aliphatic heterocycles. The fraction of sp³-hybridized carbons (Fsp3) is 0.522. The molecular weight excluding hydrogens is 453 g/mol. The Balaban J connectivity index is 2.14. The molecule has 2 atom stereocenters. The van der Waals surface area contributed by atoms with Gasteiger partial charge in [-0.2, -0.15) is 0 Å². The van der Waals surface area contributed by atoms with E-state index < -0.39 is 24.0 Å². The molecule has 1 aromatic carbocycles. The maximum absolute atomic E-state index is 12.6. The van der Waals surface area contributed by atoms with Gasteiger partial charge >= 0.3 is 11.9 Å². The molecule has 0 fully saturated rings. The summed E-state index contributed by atoms with van der Waals surface area (Å²) in [5.74, 6) is -1.27. The molecule has 0 saturated heterocycles. The lowest BCUT2D eigenvalue weighted by atomic mass is 10.0. The Kier molecular flexibility index (Phi) is 10.5. The summed E-state index contributed by atoms with van der Waals surface area (Å²) in [7, 11) is 0. The van der Waals surface area contributed by atoms with Gasteiger partial charge in [0.05, 0.1) is 12.9 Å². The van der Waals surface area contributed by atoms with Crippen LogP contribution in [-0.2, 0) is 27.3 Å². The second-order valence-corrected chi connectivity index (χ2v) is 9.13. The monoisotopic (exact) mass is 483 g/mol. The van der Waals surface area contributed by atoms with Crippen molar-refractivity contribution in [3.05, 3.63) is 52.0 Å². The maximum Gasteiger partial charge on any atom is 0.323 e. The van der Waals surface area contributed by atoms with E-state index in [1.54, 1.807) is 30.7 Å². The van der Waals surface area contributed by atoms with Gasteiger partial charge in [0.2, 0.25) is 0 Å². The number of hydrogen-bond donors (Lipinski definition) is 2. The van der Waals surface area contributed by atoms with Crippen molar-refractivity contribution in [1.29, 1.82) is 0 Å². The minimum atomic E-state index is -1.04. The van der Waals surface area contributed by atoms with Gasteiger partial charge in [0, 0.05) is 34.9 Å². The summed E-state index contributed by atoms with van der Waals surface area (Å²) in [4.78, 5) is 28.7. The first-order valence-corrected chi connectivity index (χ1v) is 11.5. The number of halogens is 2. The number of nitrogens with zero attached hydrogens (tertiary/aromatic N) is 2. The highest BCUT2D eigenvalue weighted by molar-refractivity contribution is 6.34. The van der Waals surface area contributed by atoms with Crippen LogP contribution < -0.4 is 5.32 Å². The summed E-state index contributed by atoms with van der Waals surface area (Å²) >= 11 is 12.2. The quantitative estimate of drug-likeness (QED) is 0.319. The standard InChI is InChI=1S/C23H31Cl2N3O4/c1-4-5-6-32-23(31)21(7-15(2)3)27-20(22(29)30)11-19-12-26-14-28(19)13-16-8-17(24)10-18(25)9-16/h8-10,12,14-15,20-21,27H,4-7,11,13H2,1-3H3,(H,29,30). The van der Waals surface area contributed by atoms with Crippen LogP contribution in [0.4, 0.5) is 0 Å². The lowest BCUT2D eigenvalue weighted by Crippen LogP contribution is -2.49. The Labute approximate surface area is 199 Å². The van der Waals surface area contributed by atoms with E-state index in [9.17, 15) is 14.7 Å². The van der Waals surface area contributed by atoms with E-state index in [2.05, 4.69) is 10.3 Å². The molecule has 0 spiro atoms. The third kappa shape index (κ3) is 8.45. The third-order valence-electron chi connectivity index (χ3n) is 4.92. The molecule has 2 rings (SSSR count). The van der Waals surface area contributed by atoms with Crippen LogP contribution in [-0.4, -0.2) is 45.3 Å². The van der Waals surface area contributed by atoms with Crippen molar-refractivity contribution >= 4 is 35.1 Å². The summed E-state index contributed by atoms with van der Waals surface area (Å²) in [6.07, 6.45) is 5.58. The fourth-order valence-electron chi connectivity index (χ4n) is 3.35. The zero-order valence-electron chi connectivity index (χ0n) is 18.7. The minimum Gasteiger partial charge on any atom is -0.480 e. The van der Waals surface area contributed by atoms with Crippen LogP contribution in [0.15, 0.2) is 30.7 Å². The van der Waals surface area contributed by atoms with Crippen LogP contribution in [0.2, 0.25) is 10.0 Å². The molecule has 0 aliphatic rings. The Morgan fingerprint density at radius 3 is 2.47 bits per heavy atom. The van der Waals surface area contributed by atoms with E-state index in [-0.39, 0.29) is 12.3 Å². The summed E-state index contributed by atoms with van der Waals surface area (Å²) < 4.78 is 7.19. The third-order valence-corrected chi connectivity index (χ3v) is 5.36. The summed E-state index contributed by atoms with van der Waals surface area (Å²) in [6, 6.07) is 3.58. The molecule has 176 valence electrons. The van der Waals surface area contributed by atoms with Gasteiger partial charge in [-0.1, -0.05) is 50.4 Å². The average Bonchev–Trinajstić information content (AvgIpc) is 3.12. The SMILES string of the molecule is CCCCOC(=O)C(CC(C)C)NC(Cc1cncn1Cc1cc(Cl)cc(Cl)c1)C(=O)O. The number of benzene rings is 1. The number of hydrogen-bond acceptors (Lipinski definition) is 5. The topological polar surface area (TPSA) is 93.5 Å². The Hall–Kier alpha value is -2.09. The molecule has 2 N–H and O–H groups in total. The molecule has 1 aromatic heterocycles. The molecule has 2 aromatic rings. The molecule has 7 nitrogen and oxygen atoms in total. The highest BCUT2D eigenvalue weighted by atomic mass is 35.5. The number of aromatic nitrogens is 2. The number of carbonyl (C=O) groups is 2. The highest BCUT2D eigenvalue weighted by Crippen LogP contribution is 2.20. The number of nitrogens with one attached hydrogen (secondary N) is 1. The van der Waals surface area contributed by atoms with Crippen molar-refractivity contribution < 1.29 is 19.4 Å². The van der Waals surface area contributed by atoms with Crippen LogP contribution >= 0.6 is 23.2 Å². The first-order valence-electron chi connectivity index (χ1n) is 10.8. The number of rotatable bonds is 13. The summed E-state index contributed by atoms with van der Waals surface area (Å²) in [5.41, 5.74) is 1.59. The zero-order chi connectivity index (χ0) is 23.7. The molecule has 32 heavy (non-hydrogen) atoms. The number of carboxylic acids is 1. The molecule has 2 unspecified atom stereocenters. The zero-order valence-corrected chi connectivity index (χ0v) is 20.2. The molecule has 0 aliphatic carbocycles. The van der Waals surface area contributed by atoms with Gasteiger partial charge in [-0.05, 0) is 42.5 Å². The molecule has 9 heteroatoms. The fourth-order valence-corrected chi connectivity index (χ4v) is 3.92. The number of imidazole rings is 1. The van der Waals surface area contributed by atoms with Crippen molar-refractivity contribution in [1.82, 2.24) is 14.9 Å². The number of ether oxygens (including phenoxy) is 1. The first-order chi connectivity index (χ1) is 15.2. The number of esters is 1. The highest BCUT2D eigenvalue weighted by Gasteiger charge is 2.29. The van der Waals surface area contributed by atoms with Gasteiger partial charge < -0.3 is 14.4 Å². The van der Waals surface area contributed by atoms with E-state index in [4.69, 9.17) is 27.9 Å². The lowest BCUT2D eigenvalue weighted by Gasteiger charge is -2.24. The van der Waals surface area contributed by atoms with Gasteiger partial charge in [-0.15, -0.1) is 0 Å². The van der Waals surface area contributed by atoms with Crippen LogP contribution in [0, 0.1) is 5.92 Å².